The summed E-state index contributed by atoms with van der Waals surface area (Å²) in [7, 11) is 0. The molecule has 2 nitrogen and oxygen atoms in total. The summed E-state index contributed by atoms with van der Waals surface area (Å²) in [4.78, 5) is 0. The molecule has 0 aliphatic heterocycles. The molecule has 1 aromatic carbocycles. The highest BCUT2D eigenvalue weighted by Gasteiger charge is 2.36. The first kappa shape index (κ1) is 12.9. The first-order chi connectivity index (χ1) is 8.77. The van der Waals surface area contributed by atoms with Crippen LogP contribution in [0, 0.1) is 5.21 Å². The van der Waals surface area contributed by atoms with Crippen LogP contribution in [0.15, 0.2) is 42.5 Å². The number of nitrogens with zero attached hydrogens (tertiary/aromatic N) is 1. The summed E-state index contributed by atoms with van der Waals surface area (Å²) in [5.74, 6) is 0. The second kappa shape index (κ2) is 5.85. The fraction of sp³-hybridized carbons (Fsp3) is 0.438. The van der Waals surface area contributed by atoms with Gasteiger partial charge in [-0.2, -0.15) is 0 Å². The van der Waals surface area contributed by atoms with Crippen LogP contribution in [-0.2, 0) is 0 Å². The molecule has 0 spiro atoms. The predicted molar refractivity (Wildman–Crippen MR) is 75.9 cm³/mol. The van der Waals surface area contributed by atoms with Crippen molar-refractivity contribution in [2.75, 3.05) is 0 Å². The molecule has 0 heterocycles. The predicted octanol–water partition coefficient (Wildman–Crippen LogP) is 3.89. The third kappa shape index (κ3) is 2.81. The second-order valence-electron chi connectivity index (χ2n) is 5.03. The van der Waals surface area contributed by atoms with Gasteiger partial charge in [-0.3, -0.25) is 0 Å². The molecule has 0 saturated heterocycles. The van der Waals surface area contributed by atoms with Crippen molar-refractivity contribution in [2.24, 2.45) is 0 Å². The molecular formula is C16H21NO. The van der Waals surface area contributed by atoms with Crippen molar-refractivity contribution in [1.29, 1.82) is 0 Å². The lowest BCUT2D eigenvalue weighted by Gasteiger charge is -2.32. The summed E-state index contributed by atoms with van der Waals surface area (Å²) in [6, 6.07) is 9.83. The highest BCUT2D eigenvalue weighted by atomic mass is 16.5. The van der Waals surface area contributed by atoms with Crippen LogP contribution >= 0.6 is 0 Å². The summed E-state index contributed by atoms with van der Waals surface area (Å²) in [6.07, 6.45) is 11.3. The molecule has 0 aromatic heterocycles. The molecule has 1 aliphatic rings. The summed E-state index contributed by atoms with van der Waals surface area (Å²) >= 11 is 0. The molecule has 0 unspecified atom stereocenters. The van der Waals surface area contributed by atoms with Crippen LogP contribution in [0.2, 0.25) is 0 Å². The van der Waals surface area contributed by atoms with Gasteiger partial charge in [-0.25, -0.2) is 4.74 Å². The van der Waals surface area contributed by atoms with Gasteiger partial charge in [-0.15, -0.1) is 0 Å². The summed E-state index contributed by atoms with van der Waals surface area (Å²) in [5.41, 5.74) is 0.657. The second-order valence-corrected chi connectivity index (χ2v) is 5.03. The van der Waals surface area contributed by atoms with E-state index in [2.05, 4.69) is 6.08 Å². The van der Waals surface area contributed by atoms with Crippen molar-refractivity contribution in [3.8, 4) is 0 Å². The number of rotatable bonds is 3. The van der Waals surface area contributed by atoms with Crippen LogP contribution in [0.4, 0.5) is 0 Å². The number of allylic oxidation sites excluding steroid dienone is 1. The Morgan fingerprint density at radius 3 is 2.39 bits per heavy atom. The van der Waals surface area contributed by atoms with Gasteiger partial charge >= 0.3 is 0 Å². The molecule has 1 aliphatic carbocycles. The van der Waals surface area contributed by atoms with E-state index >= 15 is 0 Å². The minimum atomic E-state index is -0.317. The van der Waals surface area contributed by atoms with Gasteiger partial charge in [0.2, 0.25) is 0 Å². The SMILES string of the molecule is CC=CC1([N+]([O-])=Cc2ccccc2)CCCCC1. The van der Waals surface area contributed by atoms with Gasteiger partial charge in [0.25, 0.3) is 0 Å². The van der Waals surface area contributed by atoms with Crippen molar-refractivity contribution in [3.05, 3.63) is 53.3 Å². The lowest BCUT2D eigenvalue weighted by molar-refractivity contribution is -0.535. The number of hydrogen-bond acceptors (Lipinski definition) is 1. The molecule has 0 N–H and O–H groups in total. The van der Waals surface area contributed by atoms with Crippen molar-refractivity contribution in [1.82, 2.24) is 0 Å². The van der Waals surface area contributed by atoms with Gasteiger partial charge < -0.3 is 5.21 Å². The van der Waals surface area contributed by atoms with E-state index in [9.17, 15) is 5.21 Å². The largest absolute Gasteiger partial charge is 0.623 e. The summed E-state index contributed by atoms with van der Waals surface area (Å²) < 4.78 is 1.17. The minimum Gasteiger partial charge on any atom is -0.623 e. The molecule has 0 atom stereocenters. The van der Waals surface area contributed by atoms with E-state index in [1.807, 2.05) is 43.3 Å². The molecule has 1 fully saturated rings. The molecule has 0 radical (unpaired) electrons. The molecular weight excluding hydrogens is 222 g/mol. The fourth-order valence-corrected chi connectivity index (χ4v) is 2.74. The van der Waals surface area contributed by atoms with Crippen molar-refractivity contribution in [2.45, 2.75) is 44.6 Å². The van der Waals surface area contributed by atoms with E-state index in [1.54, 1.807) is 6.21 Å². The summed E-state index contributed by atoms with van der Waals surface area (Å²) in [6.45, 7) is 1.99. The van der Waals surface area contributed by atoms with Gasteiger partial charge in [0, 0.05) is 18.4 Å². The first-order valence-corrected chi connectivity index (χ1v) is 6.77. The lowest BCUT2D eigenvalue weighted by atomic mass is 9.81. The quantitative estimate of drug-likeness (QED) is 0.260. The van der Waals surface area contributed by atoms with E-state index in [0.29, 0.717) is 0 Å². The average Bonchev–Trinajstić information content (AvgIpc) is 2.41. The lowest BCUT2D eigenvalue weighted by Crippen LogP contribution is -2.40. The highest BCUT2D eigenvalue weighted by molar-refractivity contribution is 5.75. The molecule has 1 aromatic rings. The summed E-state index contributed by atoms with van der Waals surface area (Å²) in [5, 5.41) is 12.5. The molecule has 1 saturated carbocycles. The van der Waals surface area contributed by atoms with Gasteiger partial charge in [-0.05, 0) is 38.0 Å². The fourth-order valence-electron chi connectivity index (χ4n) is 2.74. The maximum absolute atomic E-state index is 12.5. The number of hydrogen-bond donors (Lipinski definition) is 0. The Labute approximate surface area is 109 Å². The van der Waals surface area contributed by atoms with E-state index in [4.69, 9.17) is 0 Å². The van der Waals surface area contributed by atoms with E-state index in [1.165, 1.54) is 11.2 Å². The zero-order chi connectivity index (χ0) is 12.8. The smallest absolute Gasteiger partial charge is 0.191 e. The van der Waals surface area contributed by atoms with Crippen LogP contribution < -0.4 is 0 Å². The van der Waals surface area contributed by atoms with E-state index in [-0.39, 0.29) is 5.54 Å². The van der Waals surface area contributed by atoms with Crippen LogP contribution in [0.5, 0.6) is 0 Å². The van der Waals surface area contributed by atoms with E-state index < -0.39 is 0 Å². The molecule has 2 rings (SSSR count). The van der Waals surface area contributed by atoms with Crippen molar-refractivity contribution >= 4 is 6.21 Å². The minimum absolute atomic E-state index is 0.317. The normalized spacial score (nSPS) is 20.2. The Hall–Kier alpha value is -1.57. The van der Waals surface area contributed by atoms with Gasteiger partial charge in [0.1, 0.15) is 0 Å². The zero-order valence-corrected chi connectivity index (χ0v) is 11.0. The van der Waals surface area contributed by atoms with Crippen LogP contribution in [-0.4, -0.2) is 16.5 Å². The maximum Gasteiger partial charge on any atom is 0.191 e. The van der Waals surface area contributed by atoms with Crippen molar-refractivity contribution < 1.29 is 4.74 Å². The Morgan fingerprint density at radius 2 is 1.78 bits per heavy atom. The third-order valence-electron chi connectivity index (χ3n) is 3.70. The van der Waals surface area contributed by atoms with E-state index in [0.717, 1.165) is 31.2 Å². The first-order valence-electron chi connectivity index (χ1n) is 6.77. The Morgan fingerprint density at radius 1 is 1.11 bits per heavy atom. The molecule has 0 bridgehead atoms. The standard InChI is InChI=1S/C16H21NO/c1-2-11-16(12-7-4-8-13-16)17(18)14-15-9-5-3-6-10-15/h2-3,5-6,9-11,14H,4,7-8,12-13H2,1H3. The van der Waals surface area contributed by atoms with Gasteiger partial charge in [0.05, 0.1) is 0 Å². The van der Waals surface area contributed by atoms with Gasteiger partial charge in [-0.1, -0.05) is 30.7 Å². The molecule has 0 amide bonds. The maximum atomic E-state index is 12.5. The average molecular weight is 243 g/mol. The Kier molecular flexibility index (Phi) is 4.19. The Balaban J connectivity index is 2.28. The van der Waals surface area contributed by atoms with Crippen molar-refractivity contribution in [3.63, 3.8) is 0 Å². The van der Waals surface area contributed by atoms with Gasteiger partial charge in [0.15, 0.2) is 11.8 Å². The van der Waals surface area contributed by atoms with Crippen LogP contribution in [0.1, 0.15) is 44.6 Å². The number of hydroxylamine groups is 1. The third-order valence-corrected chi connectivity index (χ3v) is 3.70. The molecule has 96 valence electrons. The number of benzene rings is 1. The van der Waals surface area contributed by atoms with Crippen LogP contribution in [0.3, 0.4) is 0 Å². The molecule has 2 heteroatoms. The highest BCUT2D eigenvalue weighted by Crippen LogP contribution is 2.32. The van der Waals surface area contributed by atoms with Crippen LogP contribution in [0.25, 0.3) is 0 Å². The zero-order valence-electron chi connectivity index (χ0n) is 11.0. The monoisotopic (exact) mass is 243 g/mol. The molecule has 18 heavy (non-hydrogen) atoms. The Bertz CT molecular complexity index is 428. The topological polar surface area (TPSA) is 26.1 Å².